The Morgan fingerprint density at radius 3 is 2.52 bits per heavy atom. The predicted molar refractivity (Wildman–Crippen MR) is 83.3 cm³/mol. The van der Waals surface area contributed by atoms with Crippen molar-refractivity contribution >= 4 is 34.2 Å². The van der Waals surface area contributed by atoms with Crippen molar-refractivity contribution < 1.29 is 9.15 Å². The number of rotatable bonds is 3. The summed E-state index contributed by atoms with van der Waals surface area (Å²) >= 11 is 12.2. The minimum absolute atomic E-state index is 0.265. The fourth-order valence-electron chi connectivity index (χ4n) is 1.97. The maximum absolute atomic E-state index is 11.1. The van der Waals surface area contributed by atoms with Gasteiger partial charge in [-0.05, 0) is 36.4 Å². The van der Waals surface area contributed by atoms with Crippen LogP contribution in [-0.4, -0.2) is 0 Å². The van der Waals surface area contributed by atoms with Gasteiger partial charge in [0.05, 0.1) is 0 Å². The summed E-state index contributed by atoms with van der Waals surface area (Å²) < 4.78 is 10.8. The highest BCUT2D eigenvalue weighted by Crippen LogP contribution is 2.26. The third-order valence-electron chi connectivity index (χ3n) is 3.04. The van der Waals surface area contributed by atoms with E-state index in [1.165, 1.54) is 6.07 Å². The van der Waals surface area contributed by atoms with Crippen LogP contribution < -0.4 is 10.4 Å². The van der Waals surface area contributed by atoms with Gasteiger partial charge in [0.2, 0.25) is 0 Å². The van der Waals surface area contributed by atoms with Crippen molar-refractivity contribution in [3.8, 4) is 5.75 Å². The van der Waals surface area contributed by atoms with Crippen LogP contribution in [0.1, 0.15) is 5.56 Å². The zero-order chi connectivity index (χ0) is 14.8. The minimum atomic E-state index is -0.376. The second-order valence-corrected chi connectivity index (χ2v) is 5.26. The van der Waals surface area contributed by atoms with Gasteiger partial charge in [-0.2, -0.15) is 0 Å². The van der Waals surface area contributed by atoms with Crippen LogP contribution in [0.3, 0.4) is 0 Å². The molecule has 1 aromatic heterocycles. The molecule has 0 bridgehead atoms. The van der Waals surface area contributed by atoms with Gasteiger partial charge in [-0.15, -0.1) is 0 Å². The molecule has 5 heteroatoms. The number of ether oxygens (including phenoxy) is 1. The van der Waals surface area contributed by atoms with E-state index in [0.717, 1.165) is 10.9 Å². The summed E-state index contributed by atoms with van der Waals surface area (Å²) in [5, 5.41) is 1.92. The van der Waals surface area contributed by atoms with Crippen molar-refractivity contribution in [3.63, 3.8) is 0 Å². The van der Waals surface area contributed by atoms with Gasteiger partial charge < -0.3 is 9.15 Å². The van der Waals surface area contributed by atoms with Crippen LogP contribution in [0, 0.1) is 0 Å². The number of halogens is 2. The second kappa shape index (κ2) is 5.80. The van der Waals surface area contributed by atoms with Gasteiger partial charge in [0.1, 0.15) is 17.9 Å². The normalized spacial score (nSPS) is 10.8. The van der Waals surface area contributed by atoms with Crippen molar-refractivity contribution in [2.24, 2.45) is 0 Å². The molecule has 0 aliphatic rings. The van der Waals surface area contributed by atoms with Crippen molar-refractivity contribution in [2.45, 2.75) is 6.61 Å². The molecule has 3 rings (SSSR count). The summed E-state index contributed by atoms with van der Waals surface area (Å²) in [6, 6.07) is 13.6. The number of fused-ring (bicyclic) bond motifs is 1. The molecule has 0 atom stereocenters. The van der Waals surface area contributed by atoms with E-state index in [0.29, 0.717) is 21.4 Å². The predicted octanol–water partition coefficient (Wildman–Crippen LogP) is 4.68. The van der Waals surface area contributed by atoms with Gasteiger partial charge in [0.15, 0.2) is 0 Å². The SMILES string of the molecule is O=c1ccc2cc(OCc3c(Cl)cccc3Cl)ccc2o1. The van der Waals surface area contributed by atoms with Crippen molar-refractivity contribution in [1.82, 2.24) is 0 Å². The van der Waals surface area contributed by atoms with Gasteiger partial charge >= 0.3 is 5.63 Å². The summed E-state index contributed by atoms with van der Waals surface area (Å²) in [6.07, 6.45) is 0. The standard InChI is InChI=1S/C16H10Cl2O3/c17-13-2-1-3-14(18)12(13)9-20-11-5-6-15-10(8-11)4-7-16(19)21-15/h1-8H,9H2. The summed E-state index contributed by atoms with van der Waals surface area (Å²) in [7, 11) is 0. The fraction of sp³-hybridized carbons (Fsp3) is 0.0625. The van der Waals surface area contributed by atoms with E-state index in [9.17, 15) is 4.79 Å². The molecule has 0 unspecified atom stereocenters. The Bertz CT molecular complexity index is 835. The third kappa shape index (κ3) is 3.04. The lowest BCUT2D eigenvalue weighted by molar-refractivity contribution is 0.306. The van der Waals surface area contributed by atoms with Crippen molar-refractivity contribution in [2.75, 3.05) is 0 Å². The average molecular weight is 321 g/mol. The Labute approximate surface area is 130 Å². The van der Waals surface area contributed by atoms with E-state index < -0.39 is 0 Å². The smallest absolute Gasteiger partial charge is 0.336 e. The van der Waals surface area contributed by atoms with Gasteiger partial charge in [-0.3, -0.25) is 0 Å². The number of hydrogen-bond donors (Lipinski definition) is 0. The third-order valence-corrected chi connectivity index (χ3v) is 3.74. The molecule has 0 amide bonds. The van der Waals surface area contributed by atoms with E-state index in [2.05, 4.69) is 0 Å². The van der Waals surface area contributed by atoms with Crippen LogP contribution in [0.2, 0.25) is 10.0 Å². The van der Waals surface area contributed by atoms with Gasteiger partial charge in [-0.1, -0.05) is 29.3 Å². The van der Waals surface area contributed by atoms with Gasteiger partial charge in [0, 0.05) is 27.1 Å². The Kier molecular flexibility index (Phi) is 3.86. The van der Waals surface area contributed by atoms with E-state index >= 15 is 0 Å². The monoisotopic (exact) mass is 320 g/mol. The zero-order valence-corrected chi connectivity index (χ0v) is 12.3. The molecule has 106 valence electrons. The van der Waals surface area contributed by atoms with Crippen molar-refractivity contribution in [1.29, 1.82) is 0 Å². The molecule has 0 saturated heterocycles. The maximum Gasteiger partial charge on any atom is 0.336 e. The van der Waals surface area contributed by atoms with Crippen LogP contribution in [0.15, 0.2) is 57.7 Å². The Morgan fingerprint density at radius 1 is 1.00 bits per heavy atom. The summed E-state index contributed by atoms with van der Waals surface area (Å²) in [5.41, 5.74) is 0.880. The van der Waals surface area contributed by atoms with E-state index in [1.54, 1.807) is 42.5 Å². The summed E-state index contributed by atoms with van der Waals surface area (Å²) in [6.45, 7) is 0.265. The molecule has 2 aromatic carbocycles. The fourth-order valence-corrected chi connectivity index (χ4v) is 2.47. The molecular formula is C16H10Cl2O3. The van der Waals surface area contributed by atoms with Crippen LogP contribution in [0.4, 0.5) is 0 Å². The molecule has 1 heterocycles. The first-order chi connectivity index (χ1) is 10.1. The molecule has 0 aliphatic heterocycles. The molecule has 0 fully saturated rings. The van der Waals surface area contributed by atoms with Crippen LogP contribution in [0.5, 0.6) is 5.75 Å². The minimum Gasteiger partial charge on any atom is -0.489 e. The zero-order valence-electron chi connectivity index (χ0n) is 10.8. The average Bonchev–Trinajstić information content (AvgIpc) is 2.47. The van der Waals surface area contributed by atoms with Gasteiger partial charge in [-0.25, -0.2) is 4.79 Å². The topological polar surface area (TPSA) is 39.4 Å². The maximum atomic E-state index is 11.1. The van der Waals surface area contributed by atoms with Crippen LogP contribution in [-0.2, 0) is 6.61 Å². The molecule has 0 aliphatic carbocycles. The lowest BCUT2D eigenvalue weighted by atomic mass is 10.2. The summed E-state index contributed by atoms with van der Waals surface area (Å²) in [5.74, 6) is 0.646. The van der Waals surface area contributed by atoms with E-state index in [4.69, 9.17) is 32.4 Å². The molecular weight excluding hydrogens is 311 g/mol. The molecule has 0 N–H and O–H groups in total. The molecule has 3 aromatic rings. The lowest BCUT2D eigenvalue weighted by Crippen LogP contribution is -1.98. The number of benzene rings is 2. The quantitative estimate of drug-likeness (QED) is 0.658. The van der Waals surface area contributed by atoms with Gasteiger partial charge in [0.25, 0.3) is 0 Å². The van der Waals surface area contributed by atoms with Crippen LogP contribution in [0.25, 0.3) is 11.0 Å². The largest absolute Gasteiger partial charge is 0.489 e. The Morgan fingerprint density at radius 2 is 1.76 bits per heavy atom. The second-order valence-electron chi connectivity index (χ2n) is 4.44. The molecule has 0 saturated carbocycles. The Balaban J connectivity index is 1.85. The Hall–Kier alpha value is -1.97. The lowest BCUT2D eigenvalue weighted by Gasteiger charge is -2.09. The first kappa shape index (κ1) is 14.0. The first-order valence-corrected chi connectivity index (χ1v) is 6.99. The first-order valence-electron chi connectivity index (χ1n) is 6.23. The highest BCUT2D eigenvalue weighted by Gasteiger charge is 2.07. The molecule has 0 spiro atoms. The van der Waals surface area contributed by atoms with Crippen molar-refractivity contribution in [3.05, 3.63) is 74.6 Å². The van der Waals surface area contributed by atoms with Crippen LogP contribution >= 0.6 is 23.2 Å². The van der Waals surface area contributed by atoms with E-state index in [1.807, 2.05) is 0 Å². The summed E-state index contributed by atoms with van der Waals surface area (Å²) in [4.78, 5) is 11.1. The number of hydrogen-bond acceptors (Lipinski definition) is 3. The molecule has 0 radical (unpaired) electrons. The molecule has 3 nitrogen and oxygen atoms in total. The highest BCUT2D eigenvalue weighted by molar-refractivity contribution is 6.35. The van der Waals surface area contributed by atoms with E-state index in [-0.39, 0.29) is 12.2 Å². The molecule has 21 heavy (non-hydrogen) atoms. The highest BCUT2D eigenvalue weighted by atomic mass is 35.5.